The second kappa shape index (κ2) is 11.8. The van der Waals surface area contributed by atoms with Crippen molar-refractivity contribution >= 4 is 42.2 Å². The number of rotatable bonds is 10. The Bertz CT molecular complexity index is 1700. The second-order valence-corrected chi connectivity index (χ2v) is 11.3. The molecule has 43 heavy (non-hydrogen) atoms. The van der Waals surface area contributed by atoms with Gasteiger partial charge in [0.15, 0.2) is 29.2 Å². The molecule has 1 aromatic carbocycles. The lowest BCUT2D eigenvalue weighted by Crippen LogP contribution is -2.44. The van der Waals surface area contributed by atoms with Crippen molar-refractivity contribution in [2.75, 3.05) is 19.5 Å². The highest BCUT2D eigenvalue weighted by molar-refractivity contribution is 7.34. The minimum Gasteiger partial charge on any atom is -0.575 e. The lowest BCUT2D eigenvalue weighted by atomic mass is 9.96. The van der Waals surface area contributed by atoms with Crippen LogP contribution in [0.1, 0.15) is 27.0 Å². The number of hydrogen-bond acceptors (Lipinski definition) is 14. The average Bonchev–Trinajstić information content (AvgIpc) is 3.47. The Hall–Kier alpha value is -4.21. The number of imidazole rings is 1. The Morgan fingerprint density at radius 3 is 2.74 bits per heavy atom. The van der Waals surface area contributed by atoms with E-state index >= 15 is 0 Å². The summed E-state index contributed by atoms with van der Waals surface area (Å²) >= 11 is 0. The molecule has 1 saturated heterocycles. The van der Waals surface area contributed by atoms with E-state index in [2.05, 4.69) is 24.7 Å². The fourth-order valence-electron chi connectivity index (χ4n) is 4.71. The largest absolute Gasteiger partial charge is 0.575 e. The average molecular weight is 616 g/mol. The molecular formula is C26H30N7O9P. The number of methoxy groups -OCH3 is 1. The second-order valence-electron chi connectivity index (χ2n) is 10.4. The molecule has 0 aliphatic carbocycles. The molecular weight excluding hydrogens is 585 g/mol. The zero-order chi connectivity index (χ0) is 31.1. The van der Waals surface area contributed by atoms with Crippen LogP contribution in [0.25, 0.3) is 22.1 Å². The van der Waals surface area contributed by atoms with Crippen molar-refractivity contribution in [1.82, 2.24) is 24.5 Å². The molecule has 4 aromatic rings. The summed E-state index contributed by atoms with van der Waals surface area (Å²) in [6, 6.07) is 6.87. The Morgan fingerprint density at radius 2 is 2.05 bits per heavy atom. The van der Waals surface area contributed by atoms with E-state index in [1.807, 2.05) is 0 Å². The van der Waals surface area contributed by atoms with Gasteiger partial charge in [-0.3, -0.25) is 9.09 Å². The normalized spacial score (nSPS) is 23.2. The topological polar surface area (TPSA) is 233 Å². The Labute approximate surface area is 245 Å². The van der Waals surface area contributed by atoms with Gasteiger partial charge in [-0.2, -0.15) is 9.97 Å². The van der Waals surface area contributed by atoms with E-state index in [0.717, 1.165) is 0 Å². The third-order valence-electron chi connectivity index (χ3n) is 6.95. The van der Waals surface area contributed by atoms with Crippen molar-refractivity contribution in [3.05, 3.63) is 36.7 Å². The summed E-state index contributed by atoms with van der Waals surface area (Å²) < 4.78 is 27.8. The molecule has 1 fully saturated rings. The number of nitrogens with zero attached hydrogens (tertiary/aromatic N) is 6. The predicted octanol–water partition coefficient (Wildman–Crippen LogP) is 1.40. The van der Waals surface area contributed by atoms with Gasteiger partial charge in [0.05, 0.1) is 19.0 Å². The van der Waals surface area contributed by atoms with Gasteiger partial charge in [-0.15, -0.1) is 0 Å². The molecule has 17 heteroatoms. The number of nitrogens with two attached hydrogens (primary N) is 1. The fourth-order valence-corrected chi connectivity index (χ4v) is 5.65. The van der Waals surface area contributed by atoms with Crippen molar-refractivity contribution in [1.29, 1.82) is 0 Å². The Balaban J connectivity index is 1.32. The van der Waals surface area contributed by atoms with Gasteiger partial charge in [0.25, 0.3) is 0 Å². The number of benzene rings is 1. The zero-order valence-corrected chi connectivity index (χ0v) is 24.5. The van der Waals surface area contributed by atoms with Gasteiger partial charge in [-0.1, -0.05) is 24.7 Å². The van der Waals surface area contributed by atoms with E-state index in [1.165, 1.54) is 24.9 Å². The number of fused-ring (bicyclic) bond motifs is 2. The SMILES string of the molecule is COc1nc(N)nc2c1ncn2C1O[C@H](COc2ccc3c(O[P+]([O-])=NC(C(=O)O)C(C)C)cccc3n2)[C@@H](O)[C@@]1(C)O. The molecule has 3 aromatic heterocycles. The van der Waals surface area contributed by atoms with E-state index in [1.54, 1.807) is 44.2 Å². The zero-order valence-electron chi connectivity index (χ0n) is 23.6. The van der Waals surface area contributed by atoms with Crippen molar-refractivity contribution in [2.24, 2.45) is 10.7 Å². The van der Waals surface area contributed by atoms with Crippen LogP contribution in [0, 0.1) is 5.92 Å². The highest BCUT2D eigenvalue weighted by Crippen LogP contribution is 2.40. The smallest absolute Gasteiger partial charge is 0.395 e. The summed E-state index contributed by atoms with van der Waals surface area (Å²) in [5.41, 5.74) is 5.01. The summed E-state index contributed by atoms with van der Waals surface area (Å²) in [7, 11) is -1.25. The van der Waals surface area contributed by atoms with Gasteiger partial charge >= 0.3 is 14.1 Å². The van der Waals surface area contributed by atoms with Crippen LogP contribution in [-0.4, -0.2) is 83.4 Å². The lowest BCUT2D eigenvalue weighted by Gasteiger charge is -2.27. The molecule has 5 N–H and O–H groups in total. The summed E-state index contributed by atoms with van der Waals surface area (Å²) in [6.07, 6.45) is -2.06. The minimum atomic E-state index is -2.67. The number of carboxylic acids is 1. The quantitative estimate of drug-likeness (QED) is 0.185. The van der Waals surface area contributed by atoms with Crippen LogP contribution in [0.4, 0.5) is 5.95 Å². The Kier molecular flexibility index (Phi) is 8.31. The molecule has 0 spiro atoms. The first-order valence-corrected chi connectivity index (χ1v) is 14.2. The molecule has 1 aliphatic rings. The fraction of sp³-hybridized carbons (Fsp3) is 0.423. The van der Waals surface area contributed by atoms with Gasteiger partial charge in [0.2, 0.25) is 17.7 Å². The van der Waals surface area contributed by atoms with Gasteiger partial charge < -0.3 is 40.2 Å². The van der Waals surface area contributed by atoms with Crippen LogP contribution in [-0.2, 0) is 9.53 Å². The maximum Gasteiger partial charge on any atom is 0.395 e. The number of aliphatic hydroxyl groups excluding tert-OH is 1. The van der Waals surface area contributed by atoms with E-state index in [0.29, 0.717) is 16.4 Å². The number of hydrogen-bond donors (Lipinski definition) is 4. The van der Waals surface area contributed by atoms with Crippen molar-refractivity contribution in [3.63, 3.8) is 0 Å². The number of aliphatic carboxylic acids is 1. The predicted molar refractivity (Wildman–Crippen MR) is 150 cm³/mol. The Morgan fingerprint density at radius 1 is 1.28 bits per heavy atom. The highest BCUT2D eigenvalue weighted by Gasteiger charge is 2.54. The van der Waals surface area contributed by atoms with Gasteiger partial charge in [0.1, 0.15) is 24.4 Å². The number of pyridine rings is 1. The molecule has 16 nitrogen and oxygen atoms in total. The number of anilines is 1. The molecule has 0 amide bonds. The molecule has 4 heterocycles. The molecule has 0 bridgehead atoms. The van der Waals surface area contributed by atoms with Crippen LogP contribution < -0.4 is 24.6 Å². The van der Waals surface area contributed by atoms with E-state index in [-0.39, 0.29) is 41.6 Å². The number of carbonyl (C=O) groups is 1. The minimum absolute atomic E-state index is 0.0682. The number of carboxylic acid groups (broad SMARTS) is 1. The first-order valence-electron chi connectivity index (χ1n) is 13.1. The molecule has 1 aliphatic heterocycles. The third kappa shape index (κ3) is 5.87. The molecule has 0 radical (unpaired) electrons. The van der Waals surface area contributed by atoms with Gasteiger partial charge in [0, 0.05) is 11.5 Å². The summed E-state index contributed by atoms with van der Waals surface area (Å²) in [5, 5.41) is 31.9. The molecule has 228 valence electrons. The molecule has 0 saturated carbocycles. The number of ether oxygens (including phenoxy) is 3. The maximum atomic E-state index is 12.5. The maximum absolute atomic E-state index is 12.5. The van der Waals surface area contributed by atoms with Crippen LogP contribution in [0.2, 0.25) is 0 Å². The number of aliphatic hydroxyl groups is 2. The van der Waals surface area contributed by atoms with Crippen LogP contribution in [0.3, 0.4) is 0 Å². The third-order valence-corrected chi connectivity index (χ3v) is 7.74. The summed E-state index contributed by atoms with van der Waals surface area (Å²) in [6.45, 7) is 4.57. The first kappa shape index (κ1) is 30.3. The van der Waals surface area contributed by atoms with Gasteiger partial charge in [-0.25, -0.2) is 14.8 Å². The first-order chi connectivity index (χ1) is 20.4. The summed E-state index contributed by atoms with van der Waals surface area (Å²) in [4.78, 5) is 40.8. The van der Waals surface area contributed by atoms with Crippen LogP contribution in [0.15, 0.2) is 41.4 Å². The number of aromatic nitrogens is 5. The van der Waals surface area contributed by atoms with Crippen molar-refractivity contribution in [2.45, 2.75) is 50.8 Å². The van der Waals surface area contributed by atoms with Crippen LogP contribution in [0.5, 0.6) is 17.5 Å². The number of nitrogen functional groups attached to an aromatic ring is 1. The lowest BCUT2D eigenvalue weighted by molar-refractivity contribution is -0.169. The molecule has 5 rings (SSSR count). The molecule has 6 atom stereocenters. The van der Waals surface area contributed by atoms with Crippen molar-refractivity contribution in [3.8, 4) is 17.5 Å². The van der Waals surface area contributed by atoms with E-state index in [4.69, 9.17) is 24.5 Å². The van der Waals surface area contributed by atoms with Gasteiger partial charge in [-0.05, 0) is 31.0 Å². The molecule has 3 unspecified atom stereocenters. The van der Waals surface area contributed by atoms with E-state index in [9.17, 15) is 25.0 Å². The van der Waals surface area contributed by atoms with Crippen LogP contribution >= 0.6 is 8.17 Å². The summed E-state index contributed by atoms with van der Waals surface area (Å²) in [5.74, 6) is -1.09. The van der Waals surface area contributed by atoms with E-state index < -0.39 is 44.2 Å². The van der Waals surface area contributed by atoms with Crippen molar-refractivity contribution < 1.29 is 43.7 Å². The monoisotopic (exact) mass is 615 g/mol. The standard InChI is InChI=1S/C26H30N7O9P/c1-12(2)18(23(35)36)32-43(38)42-15-7-5-6-14-13(15)8-9-17(29-14)40-10-16-20(34)26(3,37)24(41-16)33-11-28-19-21(33)30-25(27)31-22(19)39-4/h5-9,11-12,16,18,20,24,34,37H,10H2,1-4H3,(H,35,36)(H2,27,30,31)/t16-,18?,20-,24?,26-/m1/s1. The highest BCUT2D eigenvalue weighted by atomic mass is 31.1.